The normalized spacial score (nSPS) is 17.3. The smallest absolute Gasteiger partial charge is 0.296 e. The molecule has 1 aromatic heterocycles. The lowest BCUT2D eigenvalue weighted by Gasteiger charge is -2.25. The second-order valence-corrected chi connectivity index (χ2v) is 9.90. The minimum atomic E-state index is -0.801. The molecule has 2 aromatic carbocycles. The highest BCUT2D eigenvalue weighted by molar-refractivity contribution is 6.46. The quantitative estimate of drug-likeness (QED) is 0.231. The molecule has 7 nitrogen and oxygen atoms in total. The molecule has 1 aliphatic heterocycles. The summed E-state index contributed by atoms with van der Waals surface area (Å²) in [5, 5.41) is 11.5. The van der Waals surface area contributed by atoms with E-state index < -0.39 is 17.7 Å². The Labute approximate surface area is 217 Å². The molecule has 2 heterocycles. The molecule has 1 fully saturated rings. The molecule has 0 saturated carbocycles. The third-order valence-electron chi connectivity index (χ3n) is 6.31. The Morgan fingerprint density at radius 2 is 1.70 bits per heavy atom. The van der Waals surface area contributed by atoms with E-state index >= 15 is 0 Å². The van der Waals surface area contributed by atoms with Crippen molar-refractivity contribution in [2.24, 2.45) is 0 Å². The fourth-order valence-corrected chi connectivity index (χ4v) is 4.57. The Bertz CT molecular complexity index is 1300. The van der Waals surface area contributed by atoms with Crippen LogP contribution in [0.25, 0.3) is 5.76 Å². The molecule has 1 unspecified atom stereocenters. The Hall–Kier alpha value is -4.00. The van der Waals surface area contributed by atoms with Crippen molar-refractivity contribution in [3.63, 3.8) is 0 Å². The van der Waals surface area contributed by atoms with Crippen molar-refractivity contribution in [3.05, 3.63) is 88.9 Å². The standard InChI is InChI=1S/C30H33NO6/c1-6-35-21-13-10-19(11-14-21)26-25(28(33)29(34)31(26)18-22-9-8-16-37-22)27(32)20-12-15-24(36-7-2)23(17-20)30(3,4)5/h8-17,26,32H,6-7,18H2,1-5H3/b27-25-. The first-order valence-corrected chi connectivity index (χ1v) is 12.5. The fraction of sp³-hybridized carbons (Fsp3) is 0.333. The number of ether oxygens (including phenoxy) is 2. The van der Waals surface area contributed by atoms with Gasteiger partial charge in [-0.3, -0.25) is 9.59 Å². The van der Waals surface area contributed by atoms with E-state index in [1.807, 2.05) is 32.0 Å². The van der Waals surface area contributed by atoms with Crippen LogP contribution >= 0.6 is 0 Å². The van der Waals surface area contributed by atoms with Gasteiger partial charge in [-0.25, -0.2) is 0 Å². The number of likely N-dealkylation sites (tertiary alicyclic amines) is 1. The minimum Gasteiger partial charge on any atom is -0.507 e. The number of ketones is 1. The average Bonchev–Trinajstić information content (AvgIpc) is 3.47. The first kappa shape index (κ1) is 26.1. The van der Waals surface area contributed by atoms with E-state index in [2.05, 4.69) is 20.8 Å². The van der Waals surface area contributed by atoms with Gasteiger partial charge in [0, 0.05) is 11.1 Å². The summed E-state index contributed by atoms with van der Waals surface area (Å²) in [4.78, 5) is 28.0. The number of aliphatic hydroxyl groups is 1. The van der Waals surface area contributed by atoms with Gasteiger partial charge in [-0.05, 0) is 67.3 Å². The summed E-state index contributed by atoms with van der Waals surface area (Å²) in [6.07, 6.45) is 1.52. The second-order valence-electron chi connectivity index (χ2n) is 9.90. The number of benzene rings is 2. The Kier molecular flexibility index (Phi) is 7.43. The van der Waals surface area contributed by atoms with Crippen molar-refractivity contribution in [1.29, 1.82) is 0 Å². The number of rotatable bonds is 8. The molecule has 7 heteroatoms. The highest BCUT2D eigenvalue weighted by Crippen LogP contribution is 2.42. The molecule has 1 saturated heterocycles. The van der Waals surface area contributed by atoms with E-state index in [1.165, 1.54) is 11.2 Å². The molecular formula is C30H33NO6. The van der Waals surface area contributed by atoms with Crippen molar-refractivity contribution in [1.82, 2.24) is 4.90 Å². The third-order valence-corrected chi connectivity index (χ3v) is 6.31. The topological polar surface area (TPSA) is 89.2 Å². The zero-order valence-corrected chi connectivity index (χ0v) is 21.9. The van der Waals surface area contributed by atoms with Crippen LogP contribution in [0.2, 0.25) is 0 Å². The molecule has 0 radical (unpaired) electrons. The van der Waals surface area contributed by atoms with Gasteiger partial charge in [-0.15, -0.1) is 0 Å². The number of hydrogen-bond acceptors (Lipinski definition) is 6. The summed E-state index contributed by atoms with van der Waals surface area (Å²) < 4.78 is 16.8. The number of hydrogen-bond donors (Lipinski definition) is 1. The summed E-state index contributed by atoms with van der Waals surface area (Å²) >= 11 is 0. The van der Waals surface area contributed by atoms with Crippen LogP contribution in [-0.4, -0.2) is 34.9 Å². The maximum Gasteiger partial charge on any atom is 0.296 e. The lowest BCUT2D eigenvalue weighted by molar-refractivity contribution is -0.140. The first-order chi connectivity index (χ1) is 17.7. The molecule has 0 bridgehead atoms. The van der Waals surface area contributed by atoms with Crippen LogP contribution in [0.5, 0.6) is 11.5 Å². The van der Waals surface area contributed by atoms with E-state index in [0.717, 1.165) is 5.56 Å². The molecule has 1 aliphatic rings. The van der Waals surface area contributed by atoms with Gasteiger partial charge < -0.3 is 23.9 Å². The average molecular weight is 504 g/mol. The second kappa shape index (κ2) is 10.5. The highest BCUT2D eigenvalue weighted by Gasteiger charge is 2.46. The zero-order valence-electron chi connectivity index (χ0n) is 21.9. The lowest BCUT2D eigenvalue weighted by atomic mass is 9.84. The lowest BCUT2D eigenvalue weighted by Crippen LogP contribution is -2.29. The number of carbonyl (C=O) groups is 2. The van der Waals surface area contributed by atoms with Crippen LogP contribution in [0.15, 0.2) is 70.9 Å². The summed E-state index contributed by atoms with van der Waals surface area (Å²) in [6, 6.07) is 15.2. The van der Waals surface area contributed by atoms with Gasteiger partial charge >= 0.3 is 0 Å². The van der Waals surface area contributed by atoms with Gasteiger partial charge in [0.2, 0.25) is 0 Å². The van der Waals surface area contributed by atoms with Crippen molar-refractivity contribution in [3.8, 4) is 11.5 Å². The van der Waals surface area contributed by atoms with Crippen LogP contribution in [0.4, 0.5) is 0 Å². The number of Topliss-reactive ketones (excluding diaryl/α,β-unsaturated/α-hetero) is 1. The number of aliphatic hydroxyl groups excluding tert-OH is 1. The molecule has 1 amide bonds. The number of amides is 1. The molecule has 194 valence electrons. The first-order valence-electron chi connectivity index (χ1n) is 12.5. The molecule has 1 atom stereocenters. The van der Waals surface area contributed by atoms with Crippen LogP contribution in [0.3, 0.4) is 0 Å². The van der Waals surface area contributed by atoms with Crippen molar-refractivity contribution in [2.75, 3.05) is 13.2 Å². The van der Waals surface area contributed by atoms with Crippen LogP contribution < -0.4 is 9.47 Å². The predicted molar refractivity (Wildman–Crippen MR) is 140 cm³/mol. The number of furan rings is 1. The van der Waals surface area contributed by atoms with Crippen LogP contribution in [0.1, 0.15) is 63.1 Å². The zero-order chi connectivity index (χ0) is 26.7. The largest absolute Gasteiger partial charge is 0.507 e. The fourth-order valence-electron chi connectivity index (χ4n) is 4.57. The Morgan fingerprint density at radius 1 is 1.00 bits per heavy atom. The van der Waals surface area contributed by atoms with Crippen LogP contribution in [-0.2, 0) is 21.5 Å². The molecule has 4 rings (SSSR count). The number of nitrogens with zero attached hydrogens (tertiary/aromatic N) is 1. The SMILES string of the molecule is CCOc1ccc(C2/C(=C(/O)c3ccc(OCC)c(C(C)(C)C)c3)C(=O)C(=O)N2Cc2ccco2)cc1. The maximum atomic E-state index is 13.4. The van der Waals surface area contributed by atoms with Gasteiger partial charge in [-0.1, -0.05) is 32.9 Å². The Morgan fingerprint density at radius 3 is 2.30 bits per heavy atom. The summed E-state index contributed by atoms with van der Waals surface area (Å²) in [6.45, 7) is 11.1. The predicted octanol–water partition coefficient (Wildman–Crippen LogP) is 6.00. The van der Waals surface area contributed by atoms with Crippen molar-refractivity contribution in [2.45, 2.75) is 52.6 Å². The minimum absolute atomic E-state index is 0.0322. The highest BCUT2D eigenvalue weighted by atomic mass is 16.5. The molecular weight excluding hydrogens is 470 g/mol. The number of carbonyl (C=O) groups excluding carboxylic acids is 2. The third kappa shape index (κ3) is 5.26. The summed E-state index contributed by atoms with van der Waals surface area (Å²) in [5.41, 5.74) is 1.77. The summed E-state index contributed by atoms with van der Waals surface area (Å²) in [7, 11) is 0. The summed E-state index contributed by atoms with van der Waals surface area (Å²) in [5.74, 6) is 0.262. The van der Waals surface area contributed by atoms with Gasteiger partial charge in [0.25, 0.3) is 11.7 Å². The molecule has 0 spiro atoms. The monoisotopic (exact) mass is 503 g/mol. The molecule has 1 N–H and O–H groups in total. The maximum absolute atomic E-state index is 13.4. The van der Waals surface area contributed by atoms with E-state index in [9.17, 15) is 14.7 Å². The van der Waals surface area contributed by atoms with Crippen molar-refractivity contribution < 1.29 is 28.6 Å². The van der Waals surface area contributed by atoms with Gasteiger partial charge in [-0.2, -0.15) is 0 Å². The van der Waals surface area contributed by atoms with E-state index in [1.54, 1.807) is 36.4 Å². The molecule has 3 aromatic rings. The van der Waals surface area contributed by atoms with Gasteiger partial charge in [0.1, 0.15) is 23.0 Å². The van der Waals surface area contributed by atoms with Gasteiger partial charge in [0.15, 0.2) is 0 Å². The molecule has 0 aliphatic carbocycles. The molecule has 37 heavy (non-hydrogen) atoms. The van der Waals surface area contributed by atoms with E-state index in [4.69, 9.17) is 13.9 Å². The van der Waals surface area contributed by atoms with E-state index in [0.29, 0.717) is 41.6 Å². The van der Waals surface area contributed by atoms with E-state index in [-0.39, 0.29) is 23.3 Å². The van der Waals surface area contributed by atoms with Gasteiger partial charge in [0.05, 0.1) is 37.6 Å². The van der Waals surface area contributed by atoms with Crippen molar-refractivity contribution >= 4 is 17.4 Å². The van der Waals surface area contributed by atoms with Crippen LogP contribution in [0, 0.1) is 0 Å². The Balaban J connectivity index is 1.86.